The molecule has 0 aliphatic heterocycles. The van der Waals surface area contributed by atoms with Gasteiger partial charge in [0.25, 0.3) is 0 Å². The molecule has 0 unspecified atom stereocenters. The summed E-state index contributed by atoms with van der Waals surface area (Å²) in [5.41, 5.74) is 1.39. The summed E-state index contributed by atoms with van der Waals surface area (Å²) in [7, 11) is 0. The molecule has 2 aromatic rings. The first-order valence-corrected chi connectivity index (χ1v) is 6.12. The molecule has 0 saturated heterocycles. The van der Waals surface area contributed by atoms with Crippen molar-refractivity contribution in [3.8, 4) is 11.6 Å². The summed E-state index contributed by atoms with van der Waals surface area (Å²) in [4.78, 5) is 14.7. The number of halogens is 1. The number of benzene rings is 1. The van der Waals surface area contributed by atoms with Crippen LogP contribution in [0.4, 0.5) is 0 Å². The smallest absolute Gasteiger partial charge is 0.222 e. The summed E-state index contributed by atoms with van der Waals surface area (Å²) in [6, 6.07) is 9.46. The molecule has 0 aliphatic carbocycles. The third kappa shape index (κ3) is 3.03. The summed E-state index contributed by atoms with van der Waals surface area (Å²) in [5.74, 6) is 1.27. The van der Waals surface area contributed by atoms with Crippen LogP contribution in [0.25, 0.3) is 0 Å². The normalized spacial score (nSPS) is 10.0. The molecule has 2 rings (SSSR count). The number of pyridine rings is 1. The van der Waals surface area contributed by atoms with E-state index in [1.54, 1.807) is 6.07 Å². The van der Waals surface area contributed by atoms with Crippen LogP contribution < -0.4 is 4.74 Å². The molecule has 0 atom stereocenters. The van der Waals surface area contributed by atoms with E-state index < -0.39 is 0 Å². The van der Waals surface area contributed by atoms with E-state index in [1.807, 2.05) is 31.2 Å². The van der Waals surface area contributed by atoms with Gasteiger partial charge in [0.05, 0.1) is 0 Å². The zero-order valence-corrected chi connectivity index (χ0v) is 11.3. The standard InChI is InChI=1S/C13H10INO2/c1-9-5-10(8-16)7-15-13(9)17-12-4-2-3-11(14)6-12/h2-8H,1H3. The molecule has 0 spiro atoms. The molecular formula is C13H10INO2. The second-order valence-electron chi connectivity index (χ2n) is 3.57. The SMILES string of the molecule is Cc1cc(C=O)cnc1Oc1cccc(I)c1. The number of hydrogen-bond acceptors (Lipinski definition) is 3. The van der Waals surface area contributed by atoms with Crippen molar-refractivity contribution in [3.63, 3.8) is 0 Å². The van der Waals surface area contributed by atoms with Gasteiger partial charge in [-0.15, -0.1) is 0 Å². The Morgan fingerprint density at radius 1 is 1.35 bits per heavy atom. The van der Waals surface area contributed by atoms with Crippen LogP contribution in [-0.2, 0) is 0 Å². The molecule has 0 aliphatic rings. The minimum absolute atomic E-state index is 0.526. The highest BCUT2D eigenvalue weighted by Crippen LogP contribution is 2.24. The van der Waals surface area contributed by atoms with Crippen LogP contribution in [0.15, 0.2) is 36.5 Å². The van der Waals surface area contributed by atoms with E-state index in [0.29, 0.717) is 11.4 Å². The largest absolute Gasteiger partial charge is 0.439 e. The zero-order chi connectivity index (χ0) is 12.3. The summed E-state index contributed by atoms with van der Waals surface area (Å²) in [6.07, 6.45) is 2.28. The average molecular weight is 339 g/mol. The maximum absolute atomic E-state index is 10.6. The predicted octanol–water partition coefficient (Wildman–Crippen LogP) is 3.60. The van der Waals surface area contributed by atoms with Crippen LogP contribution in [-0.4, -0.2) is 11.3 Å². The van der Waals surface area contributed by atoms with Crippen molar-refractivity contribution in [1.82, 2.24) is 4.98 Å². The van der Waals surface area contributed by atoms with E-state index in [2.05, 4.69) is 27.6 Å². The molecule has 0 N–H and O–H groups in total. The van der Waals surface area contributed by atoms with Gasteiger partial charge in [0.15, 0.2) is 6.29 Å². The summed E-state index contributed by atoms with van der Waals surface area (Å²) < 4.78 is 6.76. The van der Waals surface area contributed by atoms with Gasteiger partial charge < -0.3 is 4.74 Å². The van der Waals surface area contributed by atoms with Gasteiger partial charge in [-0.1, -0.05) is 6.07 Å². The van der Waals surface area contributed by atoms with Crippen molar-refractivity contribution in [2.75, 3.05) is 0 Å². The Morgan fingerprint density at radius 3 is 2.82 bits per heavy atom. The topological polar surface area (TPSA) is 39.2 Å². The number of ether oxygens (including phenoxy) is 1. The van der Waals surface area contributed by atoms with Crippen molar-refractivity contribution in [2.24, 2.45) is 0 Å². The highest BCUT2D eigenvalue weighted by Gasteiger charge is 2.04. The number of aryl methyl sites for hydroxylation is 1. The van der Waals surface area contributed by atoms with E-state index >= 15 is 0 Å². The Bertz CT molecular complexity index is 555. The van der Waals surface area contributed by atoms with Crippen molar-refractivity contribution >= 4 is 28.9 Å². The summed E-state index contributed by atoms with van der Waals surface area (Å²) in [5, 5.41) is 0. The third-order valence-corrected chi connectivity index (χ3v) is 2.87. The van der Waals surface area contributed by atoms with Gasteiger partial charge in [0.2, 0.25) is 5.88 Å². The highest BCUT2D eigenvalue weighted by atomic mass is 127. The molecule has 0 fully saturated rings. The maximum atomic E-state index is 10.6. The molecule has 1 aromatic carbocycles. The minimum Gasteiger partial charge on any atom is -0.439 e. The summed E-state index contributed by atoms with van der Waals surface area (Å²) >= 11 is 2.22. The number of carbonyl (C=O) groups excluding carboxylic acids is 1. The lowest BCUT2D eigenvalue weighted by molar-refractivity contribution is 0.112. The molecule has 86 valence electrons. The van der Waals surface area contributed by atoms with E-state index in [9.17, 15) is 4.79 Å². The van der Waals surface area contributed by atoms with Crippen LogP contribution in [0.1, 0.15) is 15.9 Å². The van der Waals surface area contributed by atoms with Gasteiger partial charge in [0.1, 0.15) is 5.75 Å². The van der Waals surface area contributed by atoms with Crippen LogP contribution in [0.5, 0.6) is 11.6 Å². The molecule has 4 heteroatoms. The predicted molar refractivity (Wildman–Crippen MR) is 73.6 cm³/mol. The van der Waals surface area contributed by atoms with Crippen molar-refractivity contribution in [2.45, 2.75) is 6.92 Å². The fourth-order valence-electron chi connectivity index (χ4n) is 1.40. The van der Waals surface area contributed by atoms with Crippen LogP contribution in [0, 0.1) is 10.5 Å². The molecule has 1 heterocycles. The third-order valence-electron chi connectivity index (χ3n) is 2.20. The van der Waals surface area contributed by atoms with Gasteiger partial charge in [-0.3, -0.25) is 4.79 Å². The monoisotopic (exact) mass is 339 g/mol. The van der Waals surface area contributed by atoms with E-state index in [4.69, 9.17) is 4.74 Å². The number of carbonyl (C=O) groups is 1. The first kappa shape index (κ1) is 12.0. The van der Waals surface area contributed by atoms with Crippen molar-refractivity contribution in [1.29, 1.82) is 0 Å². The second-order valence-corrected chi connectivity index (χ2v) is 4.81. The number of rotatable bonds is 3. The molecule has 0 bridgehead atoms. The Kier molecular flexibility index (Phi) is 3.73. The van der Waals surface area contributed by atoms with Gasteiger partial charge in [-0.25, -0.2) is 4.98 Å². The minimum atomic E-state index is 0.526. The molecule has 0 radical (unpaired) electrons. The molecule has 1 aromatic heterocycles. The fraction of sp³-hybridized carbons (Fsp3) is 0.0769. The molecule has 17 heavy (non-hydrogen) atoms. The highest BCUT2D eigenvalue weighted by molar-refractivity contribution is 14.1. The van der Waals surface area contributed by atoms with Crippen LogP contribution in [0.2, 0.25) is 0 Å². The van der Waals surface area contributed by atoms with Crippen molar-refractivity contribution < 1.29 is 9.53 Å². The zero-order valence-electron chi connectivity index (χ0n) is 9.18. The molecule has 3 nitrogen and oxygen atoms in total. The lowest BCUT2D eigenvalue weighted by Gasteiger charge is -2.07. The Labute approximate surface area is 113 Å². The van der Waals surface area contributed by atoms with Crippen molar-refractivity contribution in [3.05, 3.63) is 51.2 Å². The Balaban J connectivity index is 2.27. The second kappa shape index (κ2) is 5.27. The Morgan fingerprint density at radius 2 is 2.18 bits per heavy atom. The van der Waals surface area contributed by atoms with Crippen LogP contribution in [0.3, 0.4) is 0 Å². The Hall–Kier alpha value is -1.43. The fourth-order valence-corrected chi connectivity index (χ4v) is 1.91. The number of hydrogen-bond donors (Lipinski definition) is 0. The number of nitrogens with zero attached hydrogens (tertiary/aromatic N) is 1. The molecule has 0 amide bonds. The van der Waals surface area contributed by atoms with E-state index in [0.717, 1.165) is 21.2 Å². The quantitative estimate of drug-likeness (QED) is 0.634. The van der Waals surface area contributed by atoms with Gasteiger partial charge in [-0.2, -0.15) is 0 Å². The van der Waals surface area contributed by atoms with Crippen LogP contribution >= 0.6 is 22.6 Å². The van der Waals surface area contributed by atoms with E-state index in [1.165, 1.54) is 6.20 Å². The van der Waals surface area contributed by atoms with Gasteiger partial charge >= 0.3 is 0 Å². The lowest BCUT2D eigenvalue weighted by atomic mass is 10.2. The molecular weight excluding hydrogens is 329 g/mol. The lowest BCUT2D eigenvalue weighted by Crippen LogP contribution is -1.93. The summed E-state index contributed by atoms with van der Waals surface area (Å²) in [6.45, 7) is 1.86. The van der Waals surface area contributed by atoms with E-state index in [-0.39, 0.29) is 0 Å². The first-order valence-electron chi connectivity index (χ1n) is 5.04. The van der Waals surface area contributed by atoms with Gasteiger partial charge in [-0.05, 0) is 53.8 Å². The first-order chi connectivity index (χ1) is 8.19. The number of aromatic nitrogens is 1. The average Bonchev–Trinajstić information content (AvgIpc) is 2.32. The number of aldehydes is 1. The molecule has 0 saturated carbocycles. The maximum Gasteiger partial charge on any atom is 0.222 e. The van der Waals surface area contributed by atoms with Gasteiger partial charge in [0, 0.05) is 20.9 Å².